The maximum Gasteiger partial charge on any atom is 0.192 e. The summed E-state index contributed by atoms with van der Waals surface area (Å²) in [5.74, 6) is 2.62. The fourth-order valence-corrected chi connectivity index (χ4v) is 4.61. The maximum absolute atomic E-state index is 5.56. The Morgan fingerprint density at radius 2 is 1.90 bits per heavy atom. The van der Waals surface area contributed by atoms with Crippen molar-refractivity contribution >= 4 is 11.8 Å². The Hall–Kier alpha value is -2.93. The molecule has 0 saturated carbocycles. The first-order valence-corrected chi connectivity index (χ1v) is 10.8. The molecule has 0 atom stereocenters. The third-order valence-electron chi connectivity index (χ3n) is 5.19. The van der Waals surface area contributed by atoms with Gasteiger partial charge in [0.2, 0.25) is 0 Å². The van der Waals surface area contributed by atoms with E-state index in [1.54, 1.807) is 18.0 Å². The van der Waals surface area contributed by atoms with E-state index in [9.17, 15) is 0 Å². The number of nitrogens with zero attached hydrogens (tertiary/aromatic N) is 5. The molecule has 0 radical (unpaired) electrons. The Morgan fingerprint density at radius 1 is 1.00 bits per heavy atom. The first-order chi connectivity index (χ1) is 14.4. The molecule has 146 valence electrons. The topological polar surface area (TPSA) is 69.6 Å². The highest BCUT2D eigenvalue weighted by atomic mass is 32.2. The van der Waals surface area contributed by atoms with E-state index in [1.807, 2.05) is 24.4 Å². The second kappa shape index (κ2) is 8.21. The molecule has 6 nitrogen and oxygen atoms in total. The molecule has 29 heavy (non-hydrogen) atoms. The van der Waals surface area contributed by atoms with Crippen molar-refractivity contribution in [1.29, 1.82) is 0 Å². The highest BCUT2D eigenvalue weighted by molar-refractivity contribution is 7.98. The van der Waals surface area contributed by atoms with E-state index < -0.39 is 0 Å². The average molecular weight is 404 g/mol. The molecule has 1 aliphatic rings. The Kier molecular flexibility index (Phi) is 5.13. The SMILES string of the molecule is c1ccc(Cn2c(SCc3noc4c3CCCC4)nnc2-c2cccnc2)cc1. The second-order valence-corrected chi connectivity index (χ2v) is 8.09. The lowest BCUT2D eigenvalue weighted by atomic mass is 9.97. The minimum atomic E-state index is 0.706. The minimum Gasteiger partial charge on any atom is -0.361 e. The molecular formula is C22H21N5OS. The number of pyridine rings is 1. The normalized spacial score (nSPS) is 13.4. The zero-order valence-electron chi connectivity index (χ0n) is 16.0. The molecule has 0 aliphatic heterocycles. The quantitative estimate of drug-likeness (QED) is 0.440. The molecule has 0 N–H and O–H groups in total. The van der Waals surface area contributed by atoms with E-state index in [0.29, 0.717) is 6.54 Å². The summed E-state index contributed by atoms with van der Waals surface area (Å²) in [5.41, 5.74) is 4.51. The molecule has 0 fully saturated rings. The van der Waals surface area contributed by atoms with E-state index in [1.165, 1.54) is 24.0 Å². The number of fused-ring (bicyclic) bond motifs is 1. The van der Waals surface area contributed by atoms with Crippen molar-refractivity contribution in [3.05, 3.63) is 77.4 Å². The number of hydrogen-bond donors (Lipinski definition) is 0. The van der Waals surface area contributed by atoms with Gasteiger partial charge in [0.15, 0.2) is 11.0 Å². The smallest absolute Gasteiger partial charge is 0.192 e. The first kappa shape index (κ1) is 18.1. The summed E-state index contributed by atoms with van der Waals surface area (Å²) >= 11 is 1.66. The predicted octanol–water partition coefficient (Wildman–Crippen LogP) is 4.55. The lowest BCUT2D eigenvalue weighted by Crippen LogP contribution is -2.05. The largest absolute Gasteiger partial charge is 0.361 e. The summed E-state index contributed by atoms with van der Waals surface area (Å²) in [6, 6.07) is 14.3. The van der Waals surface area contributed by atoms with Gasteiger partial charge in [-0.05, 0) is 37.0 Å². The van der Waals surface area contributed by atoms with Gasteiger partial charge in [-0.1, -0.05) is 47.3 Å². The standard InChI is InChI=1S/C22H21N5OS/c1-2-7-16(8-3-1)14-27-21(17-9-6-12-23-13-17)24-25-22(27)29-15-19-18-10-4-5-11-20(18)28-26-19/h1-3,6-9,12-13H,4-5,10-11,14-15H2. The number of hydrogen-bond acceptors (Lipinski definition) is 6. The Balaban J connectivity index is 1.44. The van der Waals surface area contributed by atoms with Crippen LogP contribution in [0.5, 0.6) is 0 Å². The molecule has 0 amide bonds. The number of thioether (sulfide) groups is 1. The van der Waals surface area contributed by atoms with Gasteiger partial charge < -0.3 is 4.52 Å². The van der Waals surface area contributed by atoms with Crippen LogP contribution < -0.4 is 0 Å². The zero-order chi connectivity index (χ0) is 19.5. The fraction of sp³-hybridized carbons (Fsp3) is 0.273. The van der Waals surface area contributed by atoms with Crippen molar-refractivity contribution in [3.8, 4) is 11.4 Å². The van der Waals surface area contributed by atoms with E-state index >= 15 is 0 Å². The third kappa shape index (κ3) is 3.82. The van der Waals surface area contributed by atoms with Gasteiger partial charge in [-0.2, -0.15) is 0 Å². The van der Waals surface area contributed by atoms with Crippen LogP contribution >= 0.6 is 11.8 Å². The van der Waals surface area contributed by atoms with Gasteiger partial charge in [0.05, 0.1) is 12.2 Å². The van der Waals surface area contributed by atoms with Crippen molar-refractivity contribution < 1.29 is 4.52 Å². The lowest BCUT2D eigenvalue weighted by Gasteiger charge is -2.11. The van der Waals surface area contributed by atoms with Crippen molar-refractivity contribution in [2.45, 2.75) is 43.1 Å². The van der Waals surface area contributed by atoms with Gasteiger partial charge in [-0.25, -0.2) is 0 Å². The van der Waals surface area contributed by atoms with Crippen LogP contribution in [0.4, 0.5) is 0 Å². The van der Waals surface area contributed by atoms with Crippen molar-refractivity contribution in [2.24, 2.45) is 0 Å². The predicted molar refractivity (Wildman–Crippen MR) is 112 cm³/mol. The molecule has 0 saturated heterocycles. The van der Waals surface area contributed by atoms with Crippen LogP contribution in [0.15, 0.2) is 64.5 Å². The third-order valence-corrected chi connectivity index (χ3v) is 6.17. The highest BCUT2D eigenvalue weighted by Crippen LogP contribution is 2.31. The van der Waals surface area contributed by atoms with Gasteiger partial charge >= 0.3 is 0 Å². The number of aryl methyl sites for hydroxylation is 1. The van der Waals surface area contributed by atoms with Crippen LogP contribution in [0.3, 0.4) is 0 Å². The van der Waals surface area contributed by atoms with Crippen LogP contribution in [0.25, 0.3) is 11.4 Å². The number of rotatable bonds is 6. The van der Waals surface area contributed by atoms with Gasteiger partial charge in [-0.3, -0.25) is 9.55 Å². The van der Waals surface area contributed by atoms with Gasteiger partial charge in [0, 0.05) is 35.7 Å². The molecule has 0 bridgehead atoms. The Labute approximate surface area is 173 Å². The average Bonchev–Trinajstić information content (AvgIpc) is 3.38. The molecule has 0 unspecified atom stereocenters. The summed E-state index contributed by atoms with van der Waals surface area (Å²) in [6.07, 6.45) is 8.06. The first-order valence-electron chi connectivity index (χ1n) is 9.85. The van der Waals surface area contributed by atoms with E-state index in [0.717, 1.165) is 46.6 Å². The Morgan fingerprint density at radius 3 is 2.76 bits per heavy atom. The maximum atomic E-state index is 5.56. The van der Waals surface area contributed by atoms with Gasteiger partial charge in [-0.15, -0.1) is 10.2 Å². The summed E-state index contributed by atoms with van der Waals surface area (Å²) in [5, 5.41) is 14.2. The molecule has 7 heteroatoms. The van der Waals surface area contributed by atoms with Crippen LogP contribution in [-0.2, 0) is 25.1 Å². The van der Waals surface area contributed by atoms with E-state index in [2.05, 4.69) is 49.2 Å². The monoisotopic (exact) mass is 403 g/mol. The summed E-state index contributed by atoms with van der Waals surface area (Å²) in [6.45, 7) is 0.706. The molecule has 1 aromatic carbocycles. The van der Waals surface area contributed by atoms with Crippen LogP contribution in [-0.4, -0.2) is 24.9 Å². The highest BCUT2D eigenvalue weighted by Gasteiger charge is 2.21. The summed E-state index contributed by atoms with van der Waals surface area (Å²) in [4.78, 5) is 4.24. The lowest BCUT2D eigenvalue weighted by molar-refractivity contribution is 0.369. The number of benzene rings is 1. The molecule has 3 heterocycles. The molecular weight excluding hydrogens is 382 g/mol. The minimum absolute atomic E-state index is 0.706. The summed E-state index contributed by atoms with van der Waals surface area (Å²) < 4.78 is 7.72. The number of aromatic nitrogens is 5. The van der Waals surface area contributed by atoms with Crippen molar-refractivity contribution in [1.82, 2.24) is 24.9 Å². The fourth-order valence-electron chi connectivity index (χ4n) is 3.71. The molecule has 3 aromatic heterocycles. The van der Waals surface area contributed by atoms with E-state index in [4.69, 9.17) is 4.52 Å². The van der Waals surface area contributed by atoms with Crippen LogP contribution in [0.1, 0.15) is 35.4 Å². The van der Waals surface area contributed by atoms with Gasteiger partial charge in [0.25, 0.3) is 0 Å². The molecule has 5 rings (SSSR count). The van der Waals surface area contributed by atoms with E-state index in [-0.39, 0.29) is 0 Å². The molecule has 0 spiro atoms. The van der Waals surface area contributed by atoms with Crippen molar-refractivity contribution in [2.75, 3.05) is 0 Å². The second-order valence-electron chi connectivity index (χ2n) is 7.15. The van der Waals surface area contributed by atoms with Crippen LogP contribution in [0, 0.1) is 0 Å². The summed E-state index contributed by atoms with van der Waals surface area (Å²) in [7, 11) is 0. The van der Waals surface area contributed by atoms with Crippen molar-refractivity contribution in [3.63, 3.8) is 0 Å². The zero-order valence-corrected chi connectivity index (χ0v) is 16.8. The Bertz CT molecular complexity index is 1090. The molecule has 1 aliphatic carbocycles. The van der Waals surface area contributed by atoms with Crippen LogP contribution in [0.2, 0.25) is 0 Å². The molecule has 4 aromatic rings. The van der Waals surface area contributed by atoms with Gasteiger partial charge in [0.1, 0.15) is 5.76 Å².